The molecule has 0 spiro atoms. The van der Waals surface area contributed by atoms with Crippen molar-refractivity contribution in [2.24, 2.45) is 12.1 Å². The number of halogens is 1. The van der Waals surface area contributed by atoms with E-state index in [1.807, 2.05) is 43.4 Å². The van der Waals surface area contributed by atoms with Crippen LogP contribution >= 0.6 is 23.4 Å². The summed E-state index contributed by atoms with van der Waals surface area (Å²) in [6, 6.07) is 14.7. The molecule has 0 saturated heterocycles. The third kappa shape index (κ3) is 4.52. The Bertz CT molecular complexity index is 1020. The second-order valence-electron chi connectivity index (χ2n) is 5.76. The van der Waals surface area contributed by atoms with Crippen molar-refractivity contribution in [2.45, 2.75) is 12.1 Å². The molecule has 0 saturated carbocycles. The smallest absolute Gasteiger partial charge is 0.197 e. The minimum atomic E-state index is -0.196. The maximum atomic E-state index is 12.0. The summed E-state index contributed by atoms with van der Waals surface area (Å²) < 4.78 is 6.98. The number of hydrazone groups is 1. The highest BCUT2D eigenvalue weighted by Crippen LogP contribution is 2.26. The van der Waals surface area contributed by atoms with Crippen molar-refractivity contribution >= 4 is 39.9 Å². The topological polar surface area (TPSA) is 81.4 Å². The lowest BCUT2D eigenvalue weighted by molar-refractivity contribution is -0.110. The lowest BCUT2D eigenvalue weighted by Gasteiger charge is -2.07. The van der Waals surface area contributed by atoms with Crippen LogP contribution in [0.25, 0.3) is 11.4 Å². The molecule has 144 valence electrons. The summed E-state index contributed by atoms with van der Waals surface area (Å²) in [6.45, 7) is 1.45. The molecule has 0 amide bonds. The van der Waals surface area contributed by atoms with Gasteiger partial charge in [-0.25, -0.2) is 0 Å². The van der Waals surface area contributed by atoms with E-state index in [4.69, 9.17) is 16.3 Å². The lowest BCUT2D eigenvalue weighted by atomic mass is 10.2. The molecular formula is C19H18ClN5O2S. The van der Waals surface area contributed by atoms with Crippen molar-refractivity contribution in [1.82, 2.24) is 14.8 Å². The fraction of sp³-hybridized carbons (Fsp3) is 0.158. The largest absolute Gasteiger partial charge is 0.497 e. The van der Waals surface area contributed by atoms with Gasteiger partial charge in [-0.2, -0.15) is 5.10 Å². The van der Waals surface area contributed by atoms with Crippen LogP contribution in [0.2, 0.25) is 5.02 Å². The number of benzene rings is 2. The van der Waals surface area contributed by atoms with Crippen molar-refractivity contribution in [1.29, 1.82) is 0 Å². The summed E-state index contributed by atoms with van der Waals surface area (Å²) in [5.41, 5.74) is 4.33. The van der Waals surface area contributed by atoms with E-state index in [0.29, 0.717) is 21.7 Å². The van der Waals surface area contributed by atoms with Crippen LogP contribution in [0.3, 0.4) is 0 Å². The number of aromatic nitrogens is 3. The summed E-state index contributed by atoms with van der Waals surface area (Å²) in [7, 11) is 3.45. The summed E-state index contributed by atoms with van der Waals surface area (Å²) in [5, 5.41) is 13.9. The van der Waals surface area contributed by atoms with Gasteiger partial charge in [0.1, 0.15) is 5.75 Å². The van der Waals surface area contributed by atoms with Gasteiger partial charge in [0.25, 0.3) is 0 Å². The zero-order valence-electron chi connectivity index (χ0n) is 15.5. The number of anilines is 1. The third-order valence-corrected chi connectivity index (χ3v) is 5.26. The van der Waals surface area contributed by atoms with Crippen LogP contribution in [0.4, 0.5) is 5.69 Å². The molecule has 0 bridgehead atoms. The number of methoxy groups -OCH3 is 1. The van der Waals surface area contributed by atoms with E-state index in [1.165, 1.54) is 6.92 Å². The highest BCUT2D eigenvalue weighted by molar-refractivity contribution is 8.15. The summed E-state index contributed by atoms with van der Waals surface area (Å²) >= 11 is 7.24. The predicted molar refractivity (Wildman–Crippen MR) is 112 cm³/mol. The van der Waals surface area contributed by atoms with Crippen LogP contribution < -0.4 is 10.2 Å². The first-order valence-corrected chi connectivity index (χ1v) is 9.50. The molecule has 1 aromatic heterocycles. The molecule has 3 aromatic rings. The van der Waals surface area contributed by atoms with Crippen LogP contribution in [0.1, 0.15) is 6.92 Å². The van der Waals surface area contributed by atoms with Gasteiger partial charge in [-0.15, -0.1) is 10.2 Å². The molecule has 0 fully saturated rings. The maximum Gasteiger partial charge on any atom is 0.197 e. The summed E-state index contributed by atoms with van der Waals surface area (Å²) in [5.74, 6) is 1.24. The molecule has 2 aromatic carbocycles. The molecule has 3 rings (SSSR count). The van der Waals surface area contributed by atoms with Crippen molar-refractivity contribution < 1.29 is 9.53 Å². The minimum Gasteiger partial charge on any atom is -0.497 e. The van der Waals surface area contributed by atoms with E-state index in [-0.39, 0.29) is 10.8 Å². The zero-order valence-corrected chi connectivity index (χ0v) is 17.1. The van der Waals surface area contributed by atoms with Crippen LogP contribution in [-0.4, -0.2) is 32.7 Å². The van der Waals surface area contributed by atoms with E-state index in [1.54, 1.807) is 23.8 Å². The molecule has 0 unspecified atom stereocenters. The molecule has 0 aliphatic carbocycles. The fourth-order valence-electron chi connectivity index (χ4n) is 2.32. The highest BCUT2D eigenvalue weighted by atomic mass is 35.5. The Hall–Kier alpha value is -2.84. The van der Waals surface area contributed by atoms with E-state index in [0.717, 1.165) is 23.1 Å². The fourth-order valence-corrected chi connectivity index (χ4v) is 3.21. The number of hydrogen-bond donors (Lipinski definition) is 1. The number of ketones is 1. The van der Waals surface area contributed by atoms with Gasteiger partial charge in [0.2, 0.25) is 0 Å². The molecule has 0 aliphatic heterocycles. The van der Waals surface area contributed by atoms with Crippen molar-refractivity contribution in [3.05, 3.63) is 53.6 Å². The van der Waals surface area contributed by atoms with Gasteiger partial charge in [-0.3, -0.25) is 10.2 Å². The molecule has 0 radical (unpaired) electrons. The molecule has 1 heterocycles. The average Bonchev–Trinajstić information content (AvgIpc) is 3.06. The van der Waals surface area contributed by atoms with Crippen LogP contribution in [-0.2, 0) is 11.8 Å². The van der Waals surface area contributed by atoms with Gasteiger partial charge in [-0.05, 0) is 48.2 Å². The molecule has 28 heavy (non-hydrogen) atoms. The molecular weight excluding hydrogens is 398 g/mol. The molecule has 7 nitrogen and oxygen atoms in total. The first-order valence-electron chi connectivity index (χ1n) is 8.30. The number of Topliss-reactive ketones (excluding diaryl/α,β-unsaturated/α-hetero) is 1. The number of nitrogens with one attached hydrogen (secondary N) is 1. The number of thioether (sulfide) groups is 1. The molecule has 9 heteroatoms. The Kier molecular flexibility index (Phi) is 6.33. The van der Waals surface area contributed by atoms with Crippen molar-refractivity contribution in [3.63, 3.8) is 0 Å². The maximum absolute atomic E-state index is 12.0. The van der Waals surface area contributed by atoms with Crippen LogP contribution in [0.5, 0.6) is 5.75 Å². The van der Waals surface area contributed by atoms with Crippen molar-refractivity contribution in [2.75, 3.05) is 12.5 Å². The van der Waals surface area contributed by atoms with E-state index in [9.17, 15) is 4.79 Å². The number of carbonyl (C=O) groups excluding carboxylic acids is 1. The lowest BCUT2D eigenvalue weighted by Crippen LogP contribution is -2.09. The Morgan fingerprint density at radius 3 is 2.54 bits per heavy atom. The normalized spacial score (nSPS) is 11.4. The quantitative estimate of drug-likeness (QED) is 0.280. The number of rotatable bonds is 6. The number of ether oxygens (including phenoxy) is 1. The summed E-state index contributed by atoms with van der Waals surface area (Å²) in [6.07, 6.45) is 0. The summed E-state index contributed by atoms with van der Waals surface area (Å²) in [4.78, 5) is 12.0. The van der Waals surface area contributed by atoms with Crippen molar-refractivity contribution in [3.8, 4) is 17.1 Å². The number of carbonyl (C=O) groups is 1. The second-order valence-corrected chi connectivity index (χ2v) is 7.12. The molecule has 0 atom stereocenters. The Morgan fingerprint density at radius 1 is 1.18 bits per heavy atom. The Labute approximate surface area is 171 Å². The van der Waals surface area contributed by atoms with Gasteiger partial charge in [-0.1, -0.05) is 23.7 Å². The number of hydrogen-bond acceptors (Lipinski definition) is 7. The Balaban J connectivity index is 1.82. The van der Waals surface area contributed by atoms with E-state index < -0.39 is 0 Å². The van der Waals surface area contributed by atoms with Crippen LogP contribution in [0.15, 0.2) is 58.8 Å². The average molecular weight is 416 g/mol. The zero-order chi connectivity index (χ0) is 20.1. The standard InChI is InChI=1S/C19H18ClN5O2S/c1-12(26)18(23-21-16-7-5-4-6-15(16)20)28-19-24-22-17(25(19)2)13-8-10-14(27-3)11-9-13/h4-11,21H,1-3H3. The molecule has 0 aliphatic rings. The first-order chi connectivity index (χ1) is 13.5. The van der Waals surface area contributed by atoms with Gasteiger partial charge >= 0.3 is 0 Å². The predicted octanol–water partition coefficient (Wildman–Crippen LogP) is 4.25. The second kappa shape index (κ2) is 8.90. The van der Waals surface area contributed by atoms with Gasteiger partial charge in [0, 0.05) is 19.5 Å². The third-order valence-electron chi connectivity index (χ3n) is 3.82. The van der Waals surface area contributed by atoms with Gasteiger partial charge < -0.3 is 9.30 Å². The number of para-hydroxylation sites is 1. The van der Waals surface area contributed by atoms with E-state index in [2.05, 4.69) is 20.7 Å². The van der Waals surface area contributed by atoms with Gasteiger partial charge in [0.15, 0.2) is 21.8 Å². The first kappa shape index (κ1) is 19.9. The monoisotopic (exact) mass is 415 g/mol. The highest BCUT2D eigenvalue weighted by Gasteiger charge is 2.17. The van der Waals surface area contributed by atoms with E-state index >= 15 is 0 Å². The number of nitrogens with zero attached hydrogens (tertiary/aromatic N) is 4. The van der Waals surface area contributed by atoms with Gasteiger partial charge in [0.05, 0.1) is 17.8 Å². The molecule has 1 N–H and O–H groups in total. The Morgan fingerprint density at radius 2 is 1.89 bits per heavy atom. The SMILES string of the molecule is COc1ccc(-c2nnc(SC(=NNc3ccccc3Cl)C(C)=O)n2C)cc1. The van der Waals surface area contributed by atoms with Crippen LogP contribution in [0, 0.1) is 0 Å². The minimum absolute atomic E-state index is 0.196.